The van der Waals surface area contributed by atoms with Crippen LogP contribution in [0.5, 0.6) is 11.5 Å². The molecule has 0 fully saturated rings. The van der Waals surface area contributed by atoms with Crippen molar-refractivity contribution >= 4 is 17.1 Å². The first-order valence-corrected chi connectivity index (χ1v) is 9.82. The number of amides is 1. The number of hydrogen-bond donors (Lipinski definition) is 1. The molecule has 4 aromatic rings. The highest BCUT2D eigenvalue weighted by atomic mass is 19.1. The minimum atomic E-state index is -0.445. The van der Waals surface area contributed by atoms with E-state index >= 15 is 0 Å². The van der Waals surface area contributed by atoms with E-state index in [4.69, 9.17) is 9.47 Å². The molecule has 0 radical (unpaired) electrons. The quantitative estimate of drug-likeness (QED) is 0.481. The minimum Gasteiger partial charge on any atom is -0.493 e. The first-order chi connectivity index (χ1) is 15.5. The zero-order valence-electron chi connectivity index (χ0n) is 17.5. The molecule has 0 aliphatic heterocycles. The Morgan fingerprint density at radius 3 is 2.56 bits per heavy atom. The van der Waals surface area contributed by atoms with Crippen LogP contribution in [0.2, 0.25) is 0 Å². The number of benzene rings is 2. The van der Waals surface area contributed by atoms with E-state index < -0.39 is 11.5 Å². The van der Waals surface area contributed by atoms with Gasteiger partial charge in [0.15, 0.2) is 17.1 Å². The molecule has 0 atom stereocenters. The summed E-state index contributed by atoms with van der Waals surface area (Å²) in [6, 6.07) is 14.3. The number of methoxy groups -OCH3 is 2. The van der Waals surface area contributed by atoms with Crippen LogP contribution < -0.4 is 20.5 Å². The second-order valence-corrected chi connectivity index (χ2v) is 6.96. The zero-order valence-corrected chi connectivity index (χ0v) is 17.5. The summed E-state index contributed by atoms with van der Waals surface area (Å²) >= 11 is 0. The lowest BCUT2D eigenvalue weighted by molar-refractivity contribution is -0.121. The Labute approximate surface area is 182 Å². The van der Waals surface area contributed by atoms with Gasteiger partial charge in [0.1, 0.15) is 12.4 Å². The maximum absolute atomic E-state index is 13.3. The molecule has 0 spiro atoms. The van der Waals surface area contributed by atoms with Crippen molar-refractivity contribution in [2.75, 3.05) is 14.2 Å². The number of pyridine rings is 1. The first kappa shape index (κ1) is 21.1. The Morgan fingerprint density at radius 1 is 1.06 bits per heavy atom. The molecule has 4 rings (SSSR count). The second kappa shape index (κ2) is 8.93. The molecule has 9 heteroatoms. The van der Waals surface area contributed by atoms with E-state index in [0.717, 1.165) is 5.56 Å². The number of carbonyl (C=O) groups excluding carboxylic acids is 1. The Kier molecular flexibility index (Phi) is 5.89. The highest BCUT2D eigenvalue weighted by Gasteiger charge is 2.18. The van der Waals surface area contributed by atoms with Gasteiger partial charge >= 0.3 is 5.69 Å². The SMILES string of the molecule is COc1cccc(CNC(=O)Cn2c(=O)n(-c3ccc(F)cc3)c3ncccc32)c1OC. The lowest BCUT2D eigenvalue weighted by Crippen LogP contribution is -2.32. The number of imidazole rings is 1. The van der Waals surface area contributed by atoms with Crippen LogP contribution in [0.4, 0.5) is 4.39 Å². The monoisotopic (exact) mass is 436 g/mol. The van der Waals surface area contributed by atoms with E-state index in [-0.39, 0.29) is 19.0 Å². The number of rotatable bonds is 7. The van der Waals surface area contributed by atoms with E-state index in [1.807, 2.05) is 6.07 Å². The van der Waals surface area contributed by atoms with Crippen molar-refractivity contribution in [2.24, 2.45) is 0 Å². The molecule has 2 aromatic heterocycles. The van der Waals surface area contributed by atoms with Gasteiger partial charge < -0.3 is 14.8 Å². The van der Waals surface area contributed by atoms with Gasteiger partial charge in [-0.2, -0.15) is 0 Å². The number of aromatic nitrogens is 3. The van der Waals surface area contributed by atoms with Crippen molar-refractivity contribution < 1.29 is 18.7 Å². The summed E-state index contributed by atoms with van der Waals surface area (Å²) in [5.41, 5.74) is 1.63. The van der Waals surface area contributed by atoms with Crippen molar-refractivity contribution in [3.63, 3.8) is 0 Å². The average Bonchev–Trinajstić information content (AvgIpc) is 3.09. The van der Waals surface area contributed by atoms with E-state index in [1.165, 1.54) is 47.6 Å². The summed E-state index contributed by atoms with van der Waals surface area (Å²) < 4.78 is 26.7. The van der Waals surface area contributed by atoms with Crippen LogP contribution >= 0.6 is 0 Å². The largest absolute Gasteiger partial charge is 0.493 e. The number of nitrogens with zero attached hydrogens (tertiary/aromatic N) is 3. The summed E-state index contributed by atoms with van der Waals surface area (Å²) in [6.07, 6.45) is 1.56. The van der Waals surface area contributed by atoms with Crippen molar-refractivity contribution in [1.29, 1.82) is 0 Å². The maximum Gasteiger partial charge on any atom is 0.335 e. The number of para-hydroxylation sites is 1. The third-order valence-electron chi connectivity index (χ3n) is 5.04. The van der Waals surface area contributed by atoms with Crippen LogP contribution in [0.1, 0.15) is 5.56 Å². The van der Waals surface area contributed by atoms with Gasteiger partial charge in [0.05, 0.1) is 25.4 Å². The summed E-state index contributed by atoms with van der Waals surface area (Å²) in [5, 5.41) is 2.81. The van der Waals surface area contributed by atoms with Crippen LogP contribution in [0.3, 0.4) is 0 Å². The molecule has 1 amide bonds. The van der Waals surface area contributed by atoms with Crippen LogP contribution in [0.15, 0.2) is 65.6 Å². The predicted molar refractivity (Wildman–Crippen MR) is 117 cm³/mol. The summed E-state index contributed by atoms with van der Waals surface area (Å²) in [4.78, 5) is 30.1. The molecule has 8 nitrogen and oxygen atoms in total. The van der Waals surface area contributed by atoms with Crippen LogP contribution in [-0.4, -0.2) is 34.2 Å². The Balaban J connectivity index is 1.61. The number of ether oxygens (including phenoxy) is 2. The van der Waals surface area contributed by atoms with Gasteiger partial charge in [0.2, 0.25) is 5.91 Å². The van der Waals surface area contributed by atoms with E-state index in [1.54, 1.807) is 30.5 Å². The lowest BCUT2D eigenvalue weighted by Gasteiger charge is -2.13. The van der Waals surface area contributed by atoms with Crippen LogP contribution in [0, 0.1) is 5.82 Å². The summed E-state index contributed by atoms with van der Waals surface area (Å²) in [6.45, 7) is -0.00961. The standard InChI is InChI=1S/C23H21FN4O4/c1-31-19-7-3-5-15(21(19)32-2)13-26-20(29)14-27-18-6-4-12-25-22(18)28(23(27)30)17-10-8-16(24)9-11-17/h3-12H,13-14H2,1-2H3,(H,26,29). The fraction of sp³-hybridized carbons (Fsp3) is 0.174. The Bertz CT molecular complexity index is 1330. The molecule has 1 N–H and O–H groups in total. The molecule has 0 saturated carbocycles. The fourth-order valence-corrected chi connectivity index (χ4v) is 3.55. The van der Waals surface area contributed by atoms with Crippen LogP contribution in [0.25, 0.3) is 16.9 Å². The summed E-state index contributed by atoms with van der Waals surface area (Å²) in [7, 11) is 3.07. The van der Waals surface area contributed by atoms with E-state index in [9.17, 15) is 14.0 Å². The first-order valence-electron chi connectivity index (χ1n) is 9.82. The Morgan fingerprint density at radius 2 is 1.84 bits per heavy atom. The number of hydrogen-bond acceptors (Lipinski definition) is 5. The number of carbonyl (C=O) groups is 1. The molecule has 0 bridgehead atoms. The topological polar surface area (TPSA) is 87.4 Å². The number of fused-ring (bicyclic) bond motifs is 1. The second-order valence-electron chi connectivity index (χ2n) is 6.96. The predicted octanol–water partition coefficient (Wildman–Crippen LogP) is 2.66. The molecule has 0 aliphatic rings. The Hall–Kier alpha value is -4.14. The molecule has 0 saturated heterocycles. The van der Waals surface area contributed by atoms with Crippen molar-refractivity contribution in [3.8, 4) is 17.2 Å². The van der Waals surface area contributed by atoms with Crippen molar-refractivity contribution in [2.45, 2.75) is 13.1 Å². The van der Waals surface area contributed by atoms with Crippen molar-refractivity contribution in [1.82, 2.24) is 19.4 Å². The van der Waals surface area contributed by atoms with E-state index in [0.29, 0.717) is 28.4 Å². The maximum atomic E-state index is 13.3. The zero-order chi connectivity index (χ0) is 22.7. The molecular formula is C23H21FN4O4. The smallest absolute Gasteiger partial charge is 0.335 e. The molecule has 32 heavy (non-hydrogen) atoms. The fourth-order valence-electron chi connectivity index (χ4n) is 3.55. The number of nitrogens with one attached hydrogen (secondary N) is 1. The molecule has 164 valence electrons. The van der Waals surface area contributed by atoms with Crippen LogP contribution in [-0.2, 0) is 17.9 Å². The molecule has 2 aromatic carbocycles. The average molecular weight is 436 g/mol. The molecule has 0 aliphatic carbocycles. The third kappa shape index (κ3) is 3.92. The summed E-state index contributed by atoms with van der Waals surface area (Å²) in [5.74, 6) is 0.318. The van der Waals surface area contributed by atoms with Gasteiger partial charge in [-0.1, -0.05) is 12.1 Å². The molecular weight excluding hydrogens is 415 g/mol. The highest BCUT2D eigenvalue weighted by molar-refractivity contribution is 5.80. The van der Waals surface area contributed by atoms with Gasteiger partial charge in [0.25, 0.3) is 0 Å². The van der Waals surface area contributed by atoms with Gasteiger partial charge in [-0.15, -0.1) is 0 Å². The minimum absolute atomic E-state index is 0.197. The number of halogens is 1. The van der Waals surface area contributed by atoms with Crippen molar-refractivity contribution in [3.05, 3.63) is 82.7 Å². The van der Waals surface area contributed by atoms with Gasteiger partial charge in [-0.05, 0) is 42.5 Å². The third-order valence-corrected chi connectivity index (χ3v) is 5.04. The van der Waals surface area contributed by atoms with E-state index in [2.05, 4.69) is 10.3 Å². The van der Waals surface area contributed by atoms with Gasteiger partial charge in [-0.3, -0.25) is 9.36 Å². The van der Waals surface area contributed by atoms with Gasteiger partial charge in [0, 0.05) is 18.3 Å². The lowest BCUT2D eigenvalue weighted by atomic mass is 10.2. The molecule has 0 unspecified atom stereocenters. The normalized spacial score (nSPS) is 10.8. The van der Waals surface area contributed by atoms with Gasteiger partial charge in [-0.25, -0.2) is 18.7 Å². The molecule has 2 heterocycles. The highest BCUT2D eigenvalue weighted by Crippen LogP contribution is 2.30.